The van der Waals surface area contributed by atoms with E-state index in [0.717, 1.165) is 35.6 Å². The first-order valence-corrected chi connectivity index (χ1v) is 10.1. The minimum atomic E-state index is -0.404. The van der Waals surface area contributed by atoms with Gasteiger partial charge in [-0.3, -0.25) is 19.8 Å². The fourth-order valence-corrected chi connectivity index (χ4v) is 5.00. The zero-order valence-corrected chi connectivity index (χ0v) is 16.6. The number of rotatable bonds is 4. The number of amides is 1. The van der Waals surface area contributed by atoms with Gasteiger partial charge in [0.05, 0.1) is 16.1 Å². The molecule has 2 aliphatic rings. The Balaban J connectivity index is 1.56. The van der Waals surface area contributed by atoms with Crippen molar-refractivity contribution in [1.82, 2.24) is 10.2 Å². The quantitative estimate of drug-likeness (QED) is 0.607. The Morgan fingerprint density at radius 3 is 2.86 bits per heavy atom. The van der Waals surface area contributed by atoms with Crippen LogP contribution in [0.4, 0.5) is 10.7 Å². The van der Waals surface area contributed by atoms with E-state index < -0.39 is 11.1 Å². The van der Waals surface area contributed by atoms with Crippen molar-refractivity contribution in [2.75, 3.05) is 11.9 Å². The largest absolute Gasteiger partial charge is 0.353 e. The number of carbonyl (C=O) groups is 1. The number of anilines is 1. The van der Waals surface area contributed by atoms with Crippen molar-refractivity contribution in [2.24, 2.45) is 0 Å². The summed E-state index contributed by atoms with van der Waals surface area (Å²) in [5.41, 5.74) is 2.47. The molecule has 0 unspecified atom stereocenters. The molecule has 2 aliphatic heterocycles. The molecule has 0 bridgehead atoms. The Labute approximate surface area is 167 Å². The Hall–Kier alpha value is -2.71. The molecule has 0 fully saturated rings. The number of benzene rings is 1. The summed E-state index contributed by atoms with van der Waals surface area (Å²) in [6.45, 7) is 6.21. The summed E-state index contributed by atoms with van der Waals surface area (Å²) in [4.78, 5) is 27.1. The predicted octanol–water partition coefficient (Wildman–Crippen LogP) is 3.62. The van der Waals surface area contributed by atoms with E-state index in [-0.39, 0.29) is 11.6 Å². The lowest BCUT2D eigenvalue weighted by Gasteiger charge is -2.30. The van der Waals surface area contributed by atoms with Gasteiger partial charge in [-0.2, -0.15) is 0 Å². The van der Waals surface area contributed by atoms with Crippen molar-refractivity contribution in [1.29, 1.82) is 0 Å². The highest BCUT2D eigenvalue weighted by Crippen LogP contribution is 2.39. The maximum Gasteiger partial charge on any atom is 0.276 e. The number of nitrogens with one attached hydrogen (secondary N) is 2. The summed E-state index contributed by atoms with van der Waals surface area (Å²) < 4.78 is 0. The molecule has 0 radical (unpaired) electrons. The van der Waals surface area contributed by atoms with Crippen molar-refractivity contribution in [3.8, 4) is 0 Å². The fraction of sp³-hybridized carbons (Fsp3) is 0.350. The number of para-hydroxylation sites is 1. The van der Waals surface area contributed by atoms with Gasteiger partial charge in [0.25, 0.3) is 11.6 Å². The van der Waals surface area contributed by atoms with Crippen molar-refractivity contribution in [3.63, 3.8) is 0 Å². The van der Waals surface area contributed by atoms with Crippen molar-refractivity contribution in [2.45, 2.75) is 39.0 Å². The topological polar surface area (TPSA) is 87.5 Å². The first-order chi connectivity index (χ1) is 13.4. The van der Waals surface area contributed by atoms with Crippen LogP contribution >= 0.6 is 11.3 Å². The third-order valence-electron chi connectivity index (χ3n) is 5.22. The van der Waals surface area contributed by atoms with Crippen LogP contribution in [0.3, 0.4) is 0 Å². The van der Waals surface area contributed by atoms with E-state index in [1.54, 1.807) is 41.7 Å². The van der Waals surface area contributed by atoms with Gasteiger partial charge < -0.3 is 10.6 Å². The van der Waals surface area contributed by atoms with Gasteiger partial charge in [0, 0.05) is 30.1 Å². The van der Waals surface area contributed by atoms with Gasteiger partial charge in [-0.25, -0.2) is 0 Å². The SMILES string of the molecule is CC(C)N1CCc2c(sc3c2C(=O)N[C@@H](/C=C\c2ccccc2[N+](=O)[O-])N3)C1. The lowest BCUT2D eigenvalue weighted by molar-refractivity contribution is -0.385. The summed E-state index contributed by atoms with van der Waals surface area (Å²) in [6.07, 6.45) is 3.91. The van der Waals surface area contributed by atoms with Crippen LogP contribution in [0, 0.1) is 10.1 Å². The first-order valence-electron chi connectivity index (χ1n) is 9.31. The molecule has 1 atom stereocenters. The van der Waals surface area contributed by atoms with Crippen LogP contribution < -0.4 is 10.6 Å². The Morgan fingerprint density at radius 2 is 2.11 bits per heavy atom. The normalized spacial score (nSPS) is 19.2. The standard InChI is InChI=1S/C20H22N4O3S/c1-12(2)23-10-9-14-16(11-23)28-20-18(14)19(25)21-17(22-20)8-7-13-5-3-4-6-15(13)24(26)27/h3-8,12,17,22H,9-11H2,1-2H3,(H,21,25)/b8-7-/t17-/m1/s1. The van der Waals surface area contributed by atoms with Gasteiger partial charge in [0.1, 0.15) is 11.2 Å². The molecule has 2 aromatic rings. The number of fused-ring (bicyclic) bond motifs is 3. The maximum absolute atomic E-state index is 12.7. The molecule has 0 spiro atoms. The number of nitrogens with zero attached hydrogens (tertiary/aromatic N) is 2. The smallest absolute Gasteiger partial charge is 0.276 e. The van der Waals surface area contributed by atoms with E-state index in [4.69, 9.17) is 0 Å². The molecule has 8 heteroatoms. The van der Waals surface area contributed by atoms with E-state index in [0.29, 0.717) is 11.6 Å². The summed E-state index contributed by atoms with van der Waals surface area (Å²) in [7, 11) is 0. The average molecular weight is 398 g/mol. The van der Waals surface area contributed by atoms with Crippen molar-refractivity contribution in [3.05, 3.63) is 62.0 Å². The molecule has 3 heterocycles. The Kier molecular flexibility index (Phi) is 4.91. The van der Waals surface area contributed by atoms with Gasteiger partial charge in [-0.1, -0.05) is 12.1 Å². The highest BCUT2D eigenvalue weighted by atomic mass is 32.1. The second-order valence-corrected chi connectivity index (χ2v) is 8.40. The maximum atomic E-state index is 12.7. The second-order valence-electron chi connectivity index (χ2n) is 7.29. The molecule has 4 rings (SSSR count). The molecule has 1 aromatic carbocycles. The van der Waals surface area contributed by atoms with Gasteiger partial charge in [-0.05, 0) is 44.1 Å². The first kappa shape index (κ1) is 18.6. The van der Waals surface area contributed by atoms with E-state index in [1.165, 1.54) is 10.9 Å². The minimum absolute atomic E-state index is 0.0435. The van der Waals surface area contributed by atoms with Crippen LogP contribution in [0.2, 0.25) is 0 Å². The fourth-order valence-electron chi connectivity index (χ4n) is 3.69. The number of hydrogen-bond acceptors (Lipinski definition) is 6. The predicted molar refractivity (Wildman–Crippen MR) is 111 cm³/mol. The number of nitro groups is 1. The number of thiophene rings is 1. The van der Waals surface area contributed by atoms with E-state index >= 15 is 0 Å². The molecule has 28 heavy (non-hydrogen) atoms. The van der Waals surface area contributed by atoms with Crippen LogP contribution in [0.25, 0.3) is 6.08 Å². The Bertz CT molecular complexity index is 966. The molecular formula is C20H22N4O3S. The molecule has 2 N–H and O–H groups in total. The van der Waals surface area contributed by atoms with Crippen LogP contribution in [-0.2, 0) is 13.0 Å². The molecule has 1 aromatic heterocycles. The van der Waals surface area contributed by atoms with Crippen LogP contribution in [0.1, 0.15) is 40.2 Å². The second kappa shape index (κ2) is 7.37. The third kappa shape index (κ3) is 3.41. The molecule has 146 valence electrons. The Morgan fingerprint density at radius 1 is 1.32 bits per heavy atom. The summed E-state index contributed by atoms with van der Waals surface area (Å²) in [5.74, 6) is -0.0820. The molecule has 0 aliphatic carbocycles. The zero-order valence-electron chi connectivity index (χ0n) is 15.8. The van der Waals surface area contributed by atoms with Gasteiger partial charge >= 0.3 is 0 Å². The van der Waals surface area contributed by atoms with Gasteiger partial charge in [-0.15, -0.1) is 11.3 Å². The summed E-state index contributed by atoms with van der Waals surface area (Å²) in [6, 6.07) is 7.03. The van der Waals surface area contributed by atoms with Crippen LogP contribution in [0.15, 0.2) is 30.3 Å². The molecular weight excluding hydrogens is 376 g/mol. The summed E-state index contributed by atoms with van der Waals surface area (Å²) >= 11 is 1.64. The highest BCUT2D eigenvalue weighted by Gasteiger charge is 2.32. The van der Waals surface area contributed by atoms with E-state index in [9.17, 15) is 14.9 Å². The number of carbonyl (C=O) groups excluding carboxylic acids is 1. The monoisotopic (exact) mass is 398 g/mol. The van der Waals surface area contributed by atoms with E-state index in [2.05, 4.69) is 29.4 Å². The number of nitro benzene ring substituents is 1. The molecule has 0 saturated carbocycles. The zero-order chi connectivity index (χ0) is 19.8. The molecule has 7 nitrogen and oxygen atoms in total. The molecule has 0 saturated heterocycles. The van der Waals surface area contributed by atoms with Crippen LogP contribution in [-0.4, -0.2) is 34.5 Å². The third-order valence-corrected chi connectivity index (χ3v) is 6.37. The number of hydrogen-bond donors (Lipinski definition) is 2. The van der Waals surface area contributed by atoms with Crippen LogP contribution in [0.5, 0.6) is 0 Å². The molecule has 1 amide bonds. The minimum Gasteiger partial charge on any atom is -0.353 e. The average Bonchev–Trinajstić information content (AvgIpc) is 3.04. The summed E-state index contributed by atoms with van der Waals surface area (Å²) in [5, 5.41) is 18.4. The highest BCUT2D eigenvalue weighted by molar-refractivity contribution is 7.16. The van der Waals surface area contributed by atoms with E-state index in [1.807, 2.05) is 0 Å². The lowest BCUT2D eigenvalue weighted by Crippen LogP contribution is -2.43. The van der Waals surface area contributed by atoms with Crippen molar-refractivity contribution >= 4 is 34.0 Å². The lowest BCUT2D eigenvalue weighted by atomic mass is 10.0. The van der Waals surface area contributed by atoms with Crippen molar-refractivity contribution < 1.29 is 9.72 Å². The van der Waals surface area contributed by atoms with Gasteiger partial charge in [0.15, 0.2) is 0 Å². The van der Waals surface area contributed by atoms with Gasteiger partial charge in [0.2, 0.25) is 0 Å².